The summed E-state index contributed by atoms with van der Waals surface area (Å²) in [5.74, 6) is 1.34. The second-order valence-corrected chi connectivity index (χ2v) is 4.76. The molecule has 1 fully saturated rings. The topological polar surface area (TPSA) is 12.0 Å². The van der Waals surface area contributed by atoms with Gasteiger partial charge >= 0.3 is 0 Å². The van der Waals surface area contributed by atoms with E-state index in [2.05, 4.69) is 12.2 Å². The standard InChI is InChI=1S/C12H15ClFN/c1-8-4-10(8)7-15-6-9-2-3-11(13)12(14)5-9/h2-3,5,8,10,15H,4,6-7H2,1H3. The van der Waals surface area contributed by atoms with Gasteiger partial charge in [0.1, 0.15) is 5.82 Å². The molecule has 82 valence electrons. The Morgan fingerprint density at radius 2 is 2.27 bits per heavy atom. The molecular formula is C12H15ClFN. The lowest BCUT2D eigenvalue weighted by Gasteiger charge is -2.04. The van der Waals surface area contributed by atoms with Crippen molar-refractivity contribution < 1.29 is 4.39 Å². The number of halogens is 2. The minimum Gasteiger partial charge on any atom is -0.312 e. The van der Waals surface area contributed by atoms with E-state index in [0.717, 1.165) is 30.5 Å². The second-order valence-electron chi connectivity index (χ2n) is 4.35. The summed E-state index contributed by atoms with van der Waals surface area (Å²) in [5.41, 5.74) is 0.949. The van der Waals surface area contributed by atoms with Gasteiger partial charge in [0, 0.05) is 6.54 Å². The molecule has 1 aromatic rings. The third kappa shape index (κ3) is 2.93. The van der Waals surface area contributed by atoms with Crippen LogP contribution in [0.5, 0.6) is 0 Å². The van der Waals surface area contributed by atoms with Crippen LogP contribution in [0.1, 0.15) is 18.9 Å². The summed E-state index contributed by atoms with van der Waals surface area (Å²) in [6.07, 6.45) is 1.32. The maximum absolute atomic E-state index is 13.1. The zero-order valence-corrected chi connectivity index (χ0v) is 9.52. The van der Waals surface area contributed by atoms with Crippen LogP contribution in [0.25, 0.3) is 0 Å². The largest absolute Gasteiger partial charge is 0.312 e. The summed E-state index contributed by atoms with van der Waals surface area (Å²) in [6, 6.07) is 4.95. The molecule has 0 heterocycles. The highest BCUT2D eigenvalue weighted by Crippen LogP contribution is 2.36. The molecule has 0 spiro atoms. The highest BCUT2D eigenvalue weighted by molar-refractivity contribution is 6.30. The van der Waals surface area contributed by atoms with Crippen LogP contribution in [-0.4, -0.2) is 6.54 Å². The number of rotatable bonds is 4. The molecule has 0 saturated heterocycles. The first-order valence-electron chi connectivity index (χ1n) is 5.31. The fourth-order valence-electron chi connectivity index (χ4n) is 1.73. The number of nitrogens with one attached hydrogen (secondary N) is 1. The fraction of sp³-hybridized carbons (Fsp3) is 0.500. The summed E-state index contributed by atoms with van der Waals surface area (Å²) in [6.45, 7) is 4.01. The van der Waals surface area contributed by atoms with E-state index in [9.17, 15) is 4.39 Å². The van der Waals surface area contributed by atoms with Gasteiger partial charge in [-0.2, -0.15) is 0 Å². The predicted molar refractivity (Wildman–Crippen MR) is 60.4 cm³/mol. The Balaban J connectivity index is 1.80. The van der Waals surface area contributed by atoms with Crippen molar-refractivity contribution in [3.63, 3.8) is 0 Å². The van der Waals surface area contributed by atoms with Crippen LogP contribution in [0.4, 0.5) is 4.39 Å². The summed E-state index contributed by atoms with van der Waals surface area (Å²) < 4.78 is 13.1. The smallest absolute Gasteiger partial charge is 0.142 e. The highest BCUT2D eigenvalue weighted by Gasteiger charge is 2.31. The quantitative estimate of drug-likeness (QED) is 0.833. The van der Waals surface area contributed by atoms with E-state index in [4.69, 9.17) is 11.6 Å². The summed E-state index contributed by atoms with van der Waals surface area (Å²) in [4.78, 5) is 0. The van der Waals surface area contributed by atoms with Crippen LogP contribution < -0.4 is 5.32 Å². The van der Waals surface area contributed by atoms with E-state index in [0.29, 0.717) is 0 Å². The predicted octanol–water partition coefficient (Wildman–Crippen LogP) is 3.22. The van der Waals surface area contributed by atoms with Crippen molar-refractivity contribution in [2.45, 2.75) is 19.9 Å². The molecule has 0 bridgehead atoms. The zero-order chi connectivity index (χ0) is 10.8. The molecule has 15 heavy (non-hydrogen) atoms. The molecular weight excluding hydrogens is 213 g/mol. The Morgan fingerprint density at radius 3 is 2.87 bits per heavy atom. The monoisotopic (exact) mass is 227 g/mol. The molecule has 1 nitrogen and oxygen atoms in total. The van der Waals surface area contributed by atoms with Gasteiger partial charge in [-0.25, -0.2) is 4.39 Å². The van der Waals surface area contributed by atoms with E-state index in [1.807, 2.05) is 6.07 Å². The highest BCUT2D eigenvalue weighted by atomic mass is 35.5. The Morgan fingerprint density at radius 1 is 1.53 bits per heavy atom. The van der Waals surface area contributed by atoms with Crippen LogP contribution in [0.2, 0.25) is 5.02 Å². The molecule has 0 radical (unpaired) electrons. The first-order valence-corrected chi connectivity index (χ1v) is 5.69. The van der Waals surface area contributed by atoms with Crippen LogP contribution in [0.15, 0.2) is 18.2 Å². The average molecular weight is 228 g/mol. The van der Waals surface area contributed by atoms with E-state index < -0.39 is 0 Å². The van der Waals surface area contributed by atoms with Gasteiger partial charge in [0.15, 0.2) is 0 Å². The van der Waals surface area contributed by atoms with E-state index in [1.165, 1.54) is 12.5 Å². The van der Waals surface area contributed by atoms with Crippen molar-refractivity contribution >= 4 is 11.6 Å². The fourth-order valence-corrected chi connectivity index (χ4v) is 1.85. The van der Waals surface area contributed by atoms with Gasteiger partial charge < -0.3 is 5.32 Å². The van der Waals surface area contributed by atoms with Gasteiger partial charge in [0.2, 0.25) is 0 Å². The minimum absolute atomic E-state index is 0.189. The van der Waals surface area contributed by atoms with Crippen LogP contribution in [-0.2, 0) is 6.54 Å². The summed E-state index contributed by atoms with van der Waals surface area (Å²) >= 11 is 5.60. The van der Waals surface area contributed by atoms with Crippen LogP contribution >= 0.6 is 11.6 Å². The Labute approximate surface area is 94.6 Å². The SMILES string of the molecule is CC1CC1CNCc1ccc(Cl)c(F)c1. The first kappa shape index (κ1) is 10.9. The van der Waals surface area contributed by atoms with Gasteiger partial charge in [-0.1, -0.05) is 24.6 Å². The number of hydrogen-bond acceptors (Lipinski definition) is 1. The van der Waals surface area contributed by atoms with E-state index >= 15 is 0 Å². The van der Waals surface area contributed by atoms with Crippen molar-refractivity contribution in [2.75, 3.05) is 6.54 Å². The third-order valence-electron chi connectivity index (χ3n) is 3.00. The lowest BCUT2D eigenvalue weighted by atomic mass is 10.2. The Bertz CT molecular complexity index is 353. The minimum atomic E-state index is -0.337. The molecule has 1 aliphatic rings. The van der Waals surface area contributed by atoms with Crippen molar-refractivity contribution in [3.05, 3.63) is 34.6 Å². The van der Waals surface area contributed by atoms with Crippen LogP contribution in [0, 0.1) is 17.7 Å². The number of hydrogen-bond donors (Lipinski definition) is 1. The molecule has 3 heteroatoms. The van der Waals surface area contributed by atoms with E-state index in [-0.39, 0.29) is 10.8 Å². The molecule has 2 atom stereocenters. The van der Waals surface area contributed by atoms with Crippen molar-refractivity contribution in [1.82, 2.24) is 5.32 Å². The molecule has 0 aromatic heterocycles. The maximum atomic E-state index is 13.1. The zero-order valence-electron chi connectivity index (χ0n) is 8.76. The molecule has 2 rings (SSSR count). The normalized spacial score (nSPS) is 24.2. The molecule has 0 aliphatic heterocycles. The molecule has 1 aliphatic carbocycles. The first-order chi connectivity index (χ1) is 7.16. The second kappa shape index (κ2) is 4.50. The number of benzene rings is 1. The van der Waals surface area contributed by atoms with Gasteiger partial charge in [0.05, 0.1) is 5.02 Å². The lowest BCUT2D eigenvalue weighted by Crippen LogP contribution is -2.16. The molecule has 1 aromatic carbocycles. The van der Waals surface area contributed by atoms with Gasteiger partial charge in [-0.3, -0.25) is 0 Å². The molecule has 2 unspecified atom stereocenters. The van der Waals surface area contributed by atoms with Crippen molar-refractivity contribution in [3.8, 4) is 0 Å². The van der Waals surface area contributed by atoms with Gasteiger partial charge in [-0.05, 0) is 42.5 Å². The van der Waals surface area contributed by atoms with Crippen molar-refractivity contribution in [1.29, 1.82) is 0 Å². The molecule has 1 saturated carbocycles. The van der Waals surface area contributed by atoms with E-state index in [1.54, 1.807) is 6.07 Å². The van der Waals surface area contributed by atoms with Gasteiger partial charge in [-0.15, -0.1) is 0 Å². The summed E-state index contributed by atoms with van der Waals surface area (Å²) in [7, 11) is 0. The molecule has 1 N–H and O–H groups in total. The Kier molecular flexibility index (Phi) is 3.27. The summed E-state index contributed by atoms with van der Waals surface area (Å²) in [5, 5.41) is 3.52. The lowest BCUT2D eigenvalue weighted by molar-refractivity contribution is 0.601. The molecule has 0 amide bonds. The maximum Gasteiger partial charge on any atom is 0.142 e. The Hall–Kier alpha value is -0.600. The van der Waals surface area contributed by atoms with Crippen LogP contribution in [0.3, 0.4) is 0 Å². The third-order valence-corrected chi connectivity index (χ3v) is 3.30. The average Bonchev–Trinajstić information content (AvgIpc) is 2.88. The van der Waals surface area contributed by atoms with Gasteiger partial charge in [0.25, 0.3) is 0 Å². The van der Waals surface area contributed by atoms with Crippen molar-refractivity contribution in [2.24, 2.45) is 11.8 Å².